The maximum absolute atomic E-state index is 13.6. The lowest BCUT2D eigenvalue weighted by atomic mass is 10.2. The zero-order chi connectivity index (χ0) is 15.4. The molecule has 0 aliphatic heterocycles. The number of hydrogen-bond donors (Lipinski definition) is 3. The Morgan fingerprint density at radius 3 is 2.71 bits per heavy atom. The molecular formula is C14H13FN4O2. The average molecular weight is 288 g/mol. The van der Waals surface area contributed by atoms with Crippen LogP contribution in [-0.2, 0) is 0 Å². The number of carbonyl (C=O) groups excluding carboxylic acids is 1. The summed E-state index contributed by atoms with van der Waals surface area (Å²) in [4.78, 5) is 15.9. The number of amides is 1. The summed E-state index contributed by atoms with van der Waals surface area (Å²) in [7, 11) is 0. The molecule has 0 aliphatic rings. The third-order valence-corrected chi connectivity index (χ3v) is 2.86. The number of amidine groups is 1. The van der Waals surface area contributed by atoms with Crippen LogP contribution in [0.15, 0.2) is 41.7 Å². The number of anilines is 1. The van der Waals surface area contributed by atoms with Gasteiger partial charge in [-0.3, -0.25) is 9.78 Å². The second kappa shape index (κ2) is 6.00. The third kappa shape index (κ3) is 3.14. The van der Waals surface area contributed by atoms with Crippen LogP contribution in [-0.4, -0.2) is 21.9 Å². The van der Waals surface area contributed by atoms with Crippen molar-refractivity contribution in [3.05, 3.63) is 59.2 Å². The number of halogens is 1. The van der Waals surface area contributed by atoms with Crippen molar-refractivity contribution >= 4 is 17.4 Å². The molecule has 1 heterocycles. The molecule has 1 aromatic carbocycles. The van der Waals surface area contributed by atoms with Gasteiger partial charge in [0, 0.05) is 11.8 Å². The topological polar surface area (TPSA) is 101 Å². The van der Waals surface area contributed by atoms with Gasteiger partial charge in [-0.15, -0.1) is 0 Å². The smallest absolute Gasteiger partial charge is 0.274 e. The van der Waals surface area contributed by atoms with Crippen LogP contribution < -0.4 is 11.1 Å². The fourth-order valence-corrected chi connectivity index (χ4v) is 1.71. The number of para-hydroxylation sites is 1. The van der Waals surface area contributed by atoms with Gasteiger partial charge in [0.1, 0.15) is 11.5 Å². The van der Waals surface area contributed by atoms with Crippen molar-refractivity contribution in [2.45, 2.75) is 6.92 Å². The van der Waals surface area contributed by atoms with Crippen molar-refractivity contribution in [1.82, 2.24) is 4.98 Å². The van der Waals surface area contributed by atoms with Crippen LogP contribution in [0.1, 0.15) is 21.6 Å². The number of oxime groups is 1. The molecule has 108 valence electrons. The molecular weight excluding hydrogens is 275 g/mol. The van der Waals surface area contributed by atoms with Gasteiger partial charge < -0.3 is 16.3 Å². The molecule has 0 saturated carbocycles. The first kappa shape index (κ1) is 14.4. The summed E-state index contributed by atoms with van der Waals surface area (Å²) in [5.74, 6) is -1.18. The molecule has 7 heteroatoms. The summed E-state index contributed by atoms with van der Waals surface area (Å²) in [6.07, 6.45) is 1.29. The van der Waals surface area contributed by atoms with E-state index in [4.69, 9.17) is 10.9 Å². The minimum atomic E-state index is -0.547. The summed E-state index contributed by atoms with van der Waals surface area (Å²) < 4.78 is 13.6. The number of pyridine rings is 1. The van der Waals surface area contributed by atoms with E-state index in [0.29, 0.717) is 11.1 Å². The number of nitrogens with zero attached hydrogens (tertiary/aromatic N) is 2. The Balaban J connectivity index is 2.21. The fourth-order valence-electron chi connectivity index (χ4n) is 1.71. The molecule has 1 amide bonds. The highest BCUT2D eigenvalue weighted by molar-refractivity contribution is 6.04. The first-order chi connectivity index (χ1) is 10.0. The van der Waals surface area contributed by atoms with Gasteiger partial charge in [-0.1, -0.05) is 17.3 Å². The minimum absolute atomic E-state index is 0.0899. The van der Waals surface area contributed by atoms with Gasteiger partial charge in [-0.2, -0.15) is 0 Å². The average Bonchev–Trinajstić information content (AvgIpc) is 2.50. The Kier molecular flexibility index (Phi) is 4.13. The minimum Gasteiger partial charge on any atom is -0.409 e. The first-order valence-corrected chi connectivity index (χ1v) is 6.03. The van der Waals surface area contributed by atoms with Crippen LogP contribution in [0, 0.1) is 12.7 Å². The molecule has 2 rings (SSSR count). The Morgan fingerprint density at radius 2 is 2.14 bits per heavy atom. The first-order valence-electron chi connectivity index (χ1n) is 6.03. The van der Waals surface area contributed by atoms with Gasteiger partial charge >= 0.3 is 0 Å². The number of rotatable bonds is 3. The molecule has 0 radical (unpaired) electrons. The number of carbonyl (C=O) groups is 1. The molecule has 6 nitrogen and oxygen atoms in total. The van der Waals surface area contributed by atoms with Crippen LogP contribution in [0.2, 0.25) is 0 Å². The molecule has 21 heavy (non-hydrogen) atoms. The van der Waals surface area contributed by atoms with E-state index in [1.807, 2.05) is 0 Å². The number of hydrogen-bond acceptors (Lipinski definition) is 4. The lowest BCUT2D eigenvalue weighted by Gasteiger charge is -2.09. The molecule has 1 aromatic heterocycles. The molecule has 2 aromatic rings. The Labute approximate surface area is 120 Å². The van der Waals surface area contributed by atoms with Gasteiger partial charge in [0.2, 0.25) is 0 Å². The Bertz CT molecular complexity index is 678. The van der Waals surface area contributed by atoms with E-state index in [0.717, 1.165) is 0 Å². The molecule has 0 aliphatic carbocycles. The summed E-state index contributed by atoms with van der Waals surface area (Å²) in [5, 5.41) is 13.8. The molecule has 0 fully saturated rings. The summed E-state index contributed by atoms with van der Waals surface area (Å²) in [5.41, 5.74) is 6.58. The van der Waals surface area contributed by atoms with Crippen molar-refractivity contribution < 1.29 is 14.4 Å². The normalized spacial score (nSPS) is 11.2. The molecule has 0 unspecified atom stereocenters. The Hall–Kier alpha value is -2.96. The maximum atomic E-state index is 13.6. The molecule has 0 bridgehead atoms. The van der Waals surface area contributed by atoms with Crippen LogP contribution >= 0.6 is 0 Å². The van der Waals surface area contributed by atoms with Crippen molar-refractivity contribution in [2.75, 3.05) is 5.32 Å². The summed E-state index contributed by atoms with van der Waals surface area (Å²) >= 11 is 0. The van der Waals surface area contributed by atoms with Crippen LogP contribution in [0.25, 0.3) is 0 Å². The third-order valence-electron chi connectivity index (χ3n) is 2.86. The van der Waals surface area contributed by atoms with E-state index >= 15 is 0 Å². The SMILES string of the molecule is Cc1cccc(F)c1NC(=O)c1ccc(/C(N)=N/O)cn1. The monoisotopic (exact) mass is 288 g/mol. The van der Waals surface area contributed by atoms with Crippen molar-refractivity contribution in [2.24, 2.45) is 10.9 Å². The van der Waals surface area contributed by atoms with Gasteiger partial charge in [-0.25, -0.2) is 4.39 Å². The standard InChI is InChI=1S/C14H13FN4O2/c1-8-3-2-4-10(15)12(8)18-14(20)11-6-5-9(7-17-11)13(16)19-21/h2-7,21H,1H3,(H2,16,19)(H,18,20). The largest absolute Gasteiger partial charge is 0.409 e. The summed E-state index contributed by atoms with van der Waals surface area (Å²) in [6.45, 7) is 1.69. The van der Waals surface area contributed by atoms with Gasteiger partial charge in [0.15, 0.2) is 5.84 Å². The van der Waals surface area contributed by atoms with Crippen molar-refractivity contribution in [3.8, 4) is 0 Å². The van der Waals surface area contributed by atoms with E-state index in [1.165, 1.54) is 24.4 Å². The number of benzene rings is 1. The predicted octanol–water partition coefficient (Wildman–Crippen LogP) is 1.88. The molecule has 0 saturated heterocycles. The molecule has 0 atom stereocenters. The number of nitrogens with two attached hydrogens (primary N) is 1. The zero-order valence-electron chi connectivity index (χ0n) is 11.2. The number of aromatic nitrogens is 1. The van der Waals surface area contributed by atoms with Crippen LogP contribution in [0.4, 0.5) is 10.1 Å². The highest BCUT2D eigenvalue weighted by Gasteiger charge is 2.12. The van der Waals surface area contributed by atoms with E-state index < -0.39 is 11.7 Å². The molecule has 0 spiro atoms. The fraction of sp³-hybridized carbons (Fsp3) is 0.0714. The second-order valence-electron chi connectivity index (χ2n) is 4.30. The highest BCUT2D eigenvalue weighted by Crippen LogP contribution is 2.19. The summed E-state index contributed by atoms with van der Waals surface area (Å²) in [6, 6.07) is 7.39. The Morgan fingerprint density at radius 1 is 1.38 bits per heavy atom. The second-order valence-corrected chi connectivity index (χ2v) is 4.30. The quantitative estimate of drug-likeness (QED) is 0.347. The maximum Gasteiger partial charge on any atom is 0.274 e. The van der Waals surface area contributed by atoms with Gasteiger partial charge in [-0.05, 0) is 30.7 Å². The lowest BCUT2D eigenvalue weighted by Crippen LogP contribution is -2.17. The van der Waals surface area contributed by atoms with E-state index in [9.17, 15) is 9.18 Å². The number of nitrogens with one attached hydrogen (secondary N) is 1. The van der Waals surface area contributed by atoms with Gasteiger partial charge in [0.05, 0.1) is 5.69 Å². The van der Waals surface area contributed by atoms with Crippen LogP contribution in [0.3, 0.4) is 0 Å². The van der Waals surface area contributed by atoms with Crippen LogP contribution in [0.5, 0.6) is 0 Å². The zero-order valence-corrected chi connectivity index (χ0v) is 11.2. The number of aryl methyl sites for hydroxylation is 1. The van der Waals surface area contributed by atoms with E-state index in [-0.39, 0.29) is 17.2 Å². The van der Waals surface area contributed by atoms with E-state index in [2.05, 4.69) is 15.5 Å². The highest BCUT2D eigenvalue weighted by atomic mass is 19.1. The lowest BCUT2D eigenvalue weighted by molar-refractivity contribution is 0.102. The molecule has 4 N–H and O–H groups in total. The van der Waals surface area contributed by atoms with Gasteiger partial charge in [0.25, 0.3) is 5.91 Å². The van der Waals surface area contributed by atoms with E-state index in [1.54, 1.807) is 19.1 Å². The van der Waals surface area contributed by atoms with Crippen molar-refractivity contribution in [3.63, 3.8) is 0 Å². The van der Waals surface area contributed by atoms with Crippen molar-refractivity contribution in [1.29, 1.82) is 0 Å². The predicted molar refractivity (Wildman–Crippen MR) is 75.8 cm³/mol.